The number of thiol groups is 1. The number of H-pyrrole nitrogens is 3. The fraction of sp³-hybridized carbons (Fsp3) is 0.484. The summed E-state index contributed by atoms with van der Waals surface area (Å²) < 4.78 is 195. The van der Waals surface area contributed by atoms with Crippen LogP contribution in [0.3, 0.4) is 0 Å². The first kappa shape index (κ1) is 94.9. The molecule has 29 atom stereocenters. The van der Waals surface area contributed by atoms with Gasteiger partial charge in [-0.15, -0.1) is 0 Å². The lowest BCUT2D eigenvalue weighted by atomic mass is 10.0. The number of nitrogens with one attached hydrogen (secondary N) is 3. The smallest absolute Gasteiger partial charge is 0.386 e. The van der Waals surface area contributed by atoms with Crippen molar-refractivity contribution in [1.29, 1.82) is 0 Å². The van der Waals surface area contributed by atoms with E-state index in [1.165, 1.54) is 74.6 Å². The van der Waals surface area contributed by atoms with E-state index in [1.807, 2.05) is 0 Å². The van der Waals surface area contributed by atoms with E-state index >= 15 is 17.6 Å². The lowest BCUT2D eigenvalue weighted by Crippen LogP contribution is -2.45. The number of hydrogen-bond donors (Lipinski definition) is 15. The Morgan fingerprint density at radius 2 is 0.741 bits per heavy atom. The molecule has 10 aliphatic rings. The number of nitrogen functional groups attached to an aromatic ring is 6. The van der Waals surface area contributed by atoms with E-state index in [1.54, 1.807) is 16.7 Å². The average molecular weight is 2120 g/mol. The van der Waals surface area contributed by atoms with Crippen LogP contribution in [-0.4, -0.2) is 276 Å². The maximum absolute atomic E-state index is 16.0. The Hall–Kier alpha value is -7.70. The Bertz CT molecular complexity index is 7210. The fourth-order valence-electron chi connectivity index (χ4n) is 16.7. The summed E-state index contributed by atoms with van der Waals surface area (Å²) in [4.78, 5) is 149. The maximum Gasteiger partial charge on any atom is 0.386 e. The zero-order valence-electron chi connectivity index (χ0n) is 67.6. The molecule has 10 saturated heterocycles. The molecule has 0 aromatic carbocycles. The number of halogens is 4. The van der Waals surface area contributed by atoms with E-state index in [2.05, 4.69) is 87.0 Å². The molecule has 10 fully saturated rings. The predicted octanol–water partition coefficient (Wildman–Crippen LogP) is 1.66. The minimum absolute atomic E-state index is 0.0214. The third-order valence-corrected chi connectivity index (χ3v) is 32.1. The lowest BCUT2D eigenvalue weighted by Gasteiger charge is -2.33. The molecule has 12 aromatic rings. The van der Waals surface area contributed by atoms with Crippen molar-refractivity contribution in [3.8, 4) is 0 Å². The van der Waals surface area contributed by atoms with Gasteiger partial charge in [0.1, 0.15) is 89.3 Å². The second kappa shape index (κ2) is 35.8. The summed E-state index contributed by atoms with van der Waals surface area (Å²) in [5, 5.41) is 0. The molecule has 724 valence electrons. The van der Waals surface area contributed by atoms with Crippen LogP contribution in [-0.2, 0) is 151 Å². The summed E-state index contributed by atoms with van der Waals surface area (Å²) in [5.74, 6) is -0.647. The predicted molar refractivity (Wildman–Crippen MR) is 474 cm³/mol. The van der Waals surface area contributed by atoms with Crippen LogP contribution in [0.4, 0.5) is 52.5 Å². The Labute approximate surface area is 778 Å². The molecule has 0 spiro atoms. The number of aromatic nitrogens is 21. The topological polar surface area (TPSA) is 733 Å². The minimum atomic E-state index is -4.34. The van der Waals surface area contributed by atoms with Crippen molar-refractivity contribution in [2.24, 2.45) is 0 Å². The highest BCUT2D eigenvalue weighted by atomic mass is 32.7. The normalized spacial score (nSPS) is 38.0. The van der Waals surface area contributed by atoms with Gasteiger partial charge in [0.05, 0.1) is 107 Å². The van der Waals surface area contributed by atoms with E-state index in [0.717, 1.165) is 10.9 Å². The highest BCUT2D eigenvalue weighted by Crippen LogP contribution is 2.63. The second-order valence-corrected chi connectivity index (χ2v) is 48.1. The number of anilines is 6. The fourth-order valence-corrected chi connectivity index (χ4v) is 25.4. The van der Waals surface area contributed by atoms with E-state index < -0.39 is 231 Å². The zero-order valence-corrected chi connectivity index (χ0v) is 78.0. The lowest BCUT2D eigenvalue weighted by molar-refractivity contribution is -0.183. The third kappa shape index (κ3) is 18.1. The molecule has 7 unspecified atom stereocenters. The van der Waals surface area contributed by atoms with Gasteiger partial charge >= 0.3 is 40.4 Å². The Kier molecular flexibility index (Phi) is 25.2. The molecular formula is C64H71F4N27O28P6S6. The SMILES string of the molecule is Nc1nc2c(ncn2[C@@H]2O[C@@H]3COP(=O)(S)OC4[C@@H](COP(O)(=S)O[C@H]2C3)O[C@@H](n2cnc3c(N)ccnc32)[C@H]4F)c(=O)[nH]1.Nc1nc2c(ncn2[C@@H]2O[C@@H]3COP(O)(=S)O[C@H]4[C@H](F)[C@H](n5cnc6c(N)ccnc65)O[C@@H]4COP(O)(=S)O[C@@H]2[C@H]3F)c(=O)[nH]1.Nc1nc2c(ncn2[C@@H]2O[C@@H]3COP(O)(=S)O[C@H]4[C@H]5OC[C@]4(COP(O)(=S)O[C@@H]2[C@@H]3F)O[C@H]5n2cnc3c(N)ccnc32)c(=O)[nH]1. The standard InChI is InChI=1S/C22H24FN9O10P2S2.C21H23F2N9O9P2S2.C21H24FN9O9P2S2/c23-10-9-3-37-43(34,45)42-15-14-20(31-6-27-11-8(24)1-2-26-16(11)31)40-22(15,4-36-14)5-38-44(35,46)41-13(10)19(39-9)32-7-28-12-17(32)29-21(25)30-18(12)33;22-10-8-3-36-42(34,44)40-14-9(39-19(11(14)23)31-5-27-12-7(24)1-2-26-16(12)31)4-37-43(35,45)41-15(10)20(38-8)32-6-28-13-17(32)29-21(25)30-18(13)33;22-12-15-11(38-20(12)30-6-26-13-9(23)1-2-25-16(13)30)5-36-41(33,43)39-10-3-8(4-35-42(34,44)40-15)37-19(10)31-7-27-14-17(31)28-21(24)29-18(14)32/h1-2,6-7,9-10,13-15,19-20H,3-5H2,(H2,24,26)(H,34,45)(H,35,46)(H3,25,29,30,33);1-2,5-6,8-11,14-15,19-20H,3-4H2,(H2,24,26)(H,34,44)(H,35,45)(H3,25,29,30,33);1-2,6-8,10-12,15,19-20H,3-5H2,(H2,23,25)(H,33,43)(H,34,44)(H3,24,28,29,32)/t9-,10-,13-,14-,15+,19-,20-,22-,43?,44?;8-,9-,10+,11+,14-,15-,19-,20-,42?,43?;8-,10-,11+,12-,15?,19+,20+,41?,42?/m110/s1. The average Bonchev–Trinajstić information content (AvgIpc) is 1.56. The minimum Gasteiger partial charge on any atom is -0.397 e. The van der Waals surface area contributed by atoms with Crippen molar-refractivity contribution in [3.63, 3.8) is 0 Å². The van der Waals surface area contributed by atoms with Crippen LogP contribution in [0.25, 0.3) is 67.0 Å². The summed E-state index contributed by atoms with van der Waals surface area (Å²) in [6, 6.07) is 4.66. The van der Waals surface area contributed by atoms with Crippen molar-refractivity contribution >= 4 is 214 Å². The molecule has 0 aliphatic carbocycles. The summed E-state index contributed by atoms with van der Waals surface area (Å²) in [6.45, 7) is -28.8. The molecule has 0 radical (unpaired) electrons. The van der Waals surface area contributed by atoms with Crippen LogP contribution in [0.1, 0.15) is 43.8 Å². The zero-order chi connectivity index (χ0) is 95.0. The molecule has 12 aromatic heterocycles. The second-order valence-electron chi connectivity index (χ2n) is 31.3. The molecular weight excluding hydrogens is 2050 g/mol. The number of ether oxygens (including phenoxy) is 7. The molecule has 0 saturated carbocycles. The third-order valence-electron chi connectivity index (χ3n) is 22.7. The van der Waals surface area contributed by atoms with Gasteiger partial charge in [-0.05, 0) is 77.2 Å². The number of fused-ring (bicyclic) bond motifs is 14. The maximum atomic E-state index is 16.0. The Balaban J connectivity index is 0.000000126. The summed E-state index contributed by atoms with van der Waals surface area (Å²) in [6.07, 6.45) is -19.4. The first-order valence-electron chi connectivity index (χ1n) is 39.5. The first-order valence-corrected chi connectivity index (χ1v) is 55.2. The van der Waals surface area contributed by atoms with E-state index in [-0.39, 0.29) is 82.3 Å². The summed E-state index contributed by atoms with van der Waals surface area (Å²) >= 11 is 30.3. The van der Waals surface area contributed by atoms with Crippen molar-refractivity contribution in [2.45, 2.75) is 147 Å². The largest absolute Gasteiger partial charge is 0.397 e. The number of hydrogen-bond acceptors (Lipinski definition) is 46. The van der Waals surface area contributed by atoms with Crippen LogP contribution in [0.2, 0.25) is 0 Å². The van der Waals surface area contributed by atoms with Gasteiger partial charge in [0.25, 0.3) is 16.7 Å². The van der Waals surface area contributed by atoms with E-state index in [9.17, 15) is 43.4 Å². The summed E-state index contributed by atoms with van der Waals surface area (Å²) in [5.41, 5.74) is 34.2. The molecule has 20 N–H and O–H groups in total. The Morgan fingerprint density at radius 3 is 1.18 bits per heavy atom. The van der Waals surface area contributed by atoms with Crippen LogP contribution in [0.15, 0.2) is 89.1 Å². The van der Waals surface area contributed by atoms with Gasteiger partial charge in [-0.2, -0.15) is 15.0 Å². The molecule has 135 heavy (non-hydrogen) atoms. The van der Waals surface area contributed by atoms with Crippen molar-refractivity contribution in [1.82, 2.24) is 102 Å². The number of imidazole rings is 6. The number of nitrogens with two attached hydrogens (primary N) is 6. The van der Waals surface area contributed by atoms with Gasteiger partial charge in [0.15, 0.2) is 112 Å². The molecule has 22 rings (SSSR count). The van der Waals surface area contributed by atoms with Crippen LogP contribution in [0.5, 0.6) is 0 Å². The molecule has 71 heteroatoms. The quantitative estimate of drug-likeness (QED) is 0.0639. The van der Waals surface area contributed by atoms with Crippen molar-refractivity contribution in [3.05, 3.63) is 106 Å². The van der Waals surface area contributed by atoms with E-state index in [0.29, 0.717) is 39.3 Å². The number of aromatic amines is 3. The first-order chi connectivity index (χ1) is 64.1. The Morgan fingerprint density at radius 1 is 0.385 bits per heavy atom. The highest BCUT2D eigenvalue weighted by Gasteiger charge is 2.66. The van der Waals surface area contributed by atoms with Gasteiger partial charge in [0, 0.05) is 25.0 Å². The van der Waals surface area contributed by atoms with E-state index in [4.69, 9.17) is 181 Å². The van der Waals surface area contributed by atoms with Crippen molar-refractivity contribution < 1.29 is 134 Å². The molecule has 8 bridgehead atoms. The number of rotatable bonds is 6. The van der Waals surface area contributed by atoms with Gasteiger partial charge in [-0.3, -0.25) is 83.9 Å². The number of nitrogens with zero attached hydrogens (tertiary/aromatic N) is 18. The number of alkyl halides is 4. The number of pyridine rings is 3. The molecule has 55 nitrogen and oxygen atoms in total. The van der Waals surface area contributed by atoms with Crippen LogP contribution in [0, 0.1) is 0 Å². The van der Waals surface area contributed by atoms with Gasteiger partial charge in [-0.25, -0.2) is 67.0 Å². The van der Waals surface area contributed by atoms with Crippen molar-refractivity contribution in [2.75, 3.05) is 80.7 Å². The molecule has 10 aliphatic heterocycles. The van der Waals surface area contributed by atoms with Crippen LogP contribution >= 0.6 is 52.6 Å². The molecule has 22 heterocycles. The van der Waals surface area contributed by atoms with Gasteiger partial charge < -0.3 is 119 Å². The summed E-state index contributed by atoms with van der Waals surface area (Å²) in [7, 11) is 0. The highest BCUT2D eigenvalue weighted by molar-refractivity contribution is 8.44. The monoisotopic (exact) mass is 2120 g/mol. The van der Waals surface area contributed by atoms with Gasteiger partial charge in [-0.1, -0.05) is 12.2 Å². The van der Waals surface area contributed by atoms with Gasteiger partial charge in [0.2, 0.25) is 17.8 Å². The molecule has 0 amide bonds. The van der Waals surface area contributed by atoms with Crippen LogP contribution < -0.4 is 51.1 Å².